The highest BCUT2D eigenvalue weighted by atomic mass is 35.5. The van der Waals surface area contributed by atoms with E-state index in [-0.39, 0.29) is 0 Å². The van der Waals surface area contributed by atoms with E-state index >= 15 is 0 Å². The van der Waals surface area contributed by atoms with Gasteiger partial charge < -0.3 is 4.98 Å². The fourth-order valence-electron chi connectivity index (χ4n) is 0.799. The standard InChI is InChI=1S/C6H4ClN3/c7-5-3-9-4-1-2-8-6(4)10-5/h1-3,9H. The lowest BCUT2D eigenvalue weighted by atomic mass is 10.4. The maximum atomic E-state index is 5.59. The van der Waals surface area contributed by atoms with E-state index in [0.717, 1.165) is 5.69 Å². The van der Waals surface area contributed by atoms with E-state index in [1.54, 1.807) is 12.4 Å². The van der Waals surface area contributed by atoms with Crippen molar-refractivity contribution >= 4 is 11.6 Å². The zero-order chi connectivity index (χ0) is 6.97. The van der Waals surface area contributed by atoms with Crippen molar-refractivity contribution < 1.29 is 0 Å². The molecule has 2 aliphatic rings. The molecule has 0 radical (unpaired) electrons. The summed E-state index contributed by atoms with van der Waals surface area (Å²) >= 11 is 5.59. The van der Waals surface area contributed by atoms with Crippen LogP contribution in [0.2, 0.25) is 5.15 Å². The predicted octanol–water partition coefficient (Wildman–Crippen LogP) is 1.56. The number of rotatable bonds is 0. The molecule has 0 spiro atoms. The van der Waals surface area contributed by atoms with Crippen LogP contribution < -0.4 is 0 Å². The van der Waals surface area contributed by atoms with Crippen LogP contribution in [-0.4, -0.2) is 15.0 Å². The van der Waals surface area contributed by atoms with Crippen molar-refractivity contribution in [3.63, 3.8) is 0 Å². The zero-order valence-corrected chi connectivity index (χ0v) is 5.76. The summed E-state index contributed by atoms with van der Waals surface area (Å²) in [5.74, 6) is 0.660. The van der Waals surface area contributed by atoms with E-state index in [9.17, 15) is 0 Å². The Morgan fingerprint density at radius 1 is 1.50 bits per heavy atom. The molecule has 3 nitrogen and oxygen atoms in total. The number of nitrogens with zero attached hydrogens (tertiary/aromatic N) is 2. The van der Waals surface area contributed by atoms with Gasteiger partial charge in [0.2, 0.25) is 0 Å². The Bertz CT molecular complexity index is 317. The van der Waals surface area contributed by atoms with Gasteiger partial charge in [0.05, 0.1) is 5.69 Å². The van der Waals surface area contributed by atoms with Crippen LogP contribution in [0.1, 0.15) is 0 Å². The minimum absolute atomic E-state index is 0.436. The van der Waals surface area contributed by atoms with Crippen LogP contribution in [0.25, 0.3) is 11.5 Å². The molecule has 0 saturated heterocycles. The molecule has 0 bridgehead atoms. The first kappa shape index (κ1) is 5.68. The highest BCUT2D eigenvalue weighted by molar-refractivity contribution is 6.29. The van der Waals surface area contributed by atoms with Crippen molar-refractivity contribution in [2.45, 2.75) is 0 Å². The Hall–Kier alpha value is -1.09. The fraction of sp³-hybridized carbons (Fsp3) is 0. The first-order valence-electron chi connectivity index (χ1n) is 2.82. The van der Waals surface area contributed by atoms with Gasteiger partial charge in [0, 0.05) is 12.4 Å². The van der Waals surface area contributed by atoms with Gasteiger partial charge in [-0.25, -0.2) is 9.97 Å². The minimum Gasteiger partial charge on any atom is -0.356 e. The third-order valence-corrected chi connectivity index (χ3v) is 1.43. The summed E-state index contributed by atoms with van der Waals surface area (Å²) in [6.45, 7) is 0. The largest absolute Gasteiger partial charge is 0.356 e. The number of halogens is 1. The summed E-state index contributed by atoms with van der Waals surface area (Å²) in [4.78, 5) is 10.9. The zero-order valence-electron chi connectivity index (χ0n) is 5.00. The topological polar surface area (TPSA) is 41.6 Å². The number of hydrogen-bond acceptors (Lipinski definition) is 2. The molecule has 0 aromatic heterocycles. The summed E-state index contributed by atoms with van der Waals surface area (Å²) < 4.78 is 0. The second-order valence-electron chi connectivity index (χ2n) is 1.91. The SMILES string of the molecule is Clc1c[nH]c2ccnc-2n1. The normalized spacial score (nSPS) is 10.5. The second-order valence-corrected chi connectivity index (χ2v) is 2.29. The van der Waals surface area contributed by atoms with E-state index in [0.29, 0.717) is 11.0 Å². The van der Waals surface area contributed by atoms with Gasteiger partial charge in [0.25, 0.3) is 0 Å². The lowest BCUT2D eigenvalue weighted by Crippen LogP contribution is -1.86. The van der Waals surface area contributed by atoms with Crippen LogP contribution in [0.15, 0.2) is 18.5 Å². The molecular weight excluding hydrogens is 150 g/mol. The molecule has 0 unspecified atom stereocenters. The van der Waals surface area contributed by atoms with Crippen LogP contribution in [-0.2, 0) is 0 Å². The first-order chi connectivity index (χ1) is 4.86. The van der Waals surface area contributed by atoms with Gasteiger partial charge in [0.15, 0.2) is 5.82 Å². The van der Waals surface area contributed by atoms with E-state index in [1.807, 2.05) is 6.07 Å². The Kier molecular flexibility index (Phi) is 1.11. The molecule has 0 aromatic carbocycles. The molecule has 0 aliphatic carbocycles. The average Bonchev–Trinajstić information content (AvgIpc) is 2.33. The van der Waals surface area contributed by atoms with Crippen molar-refractivity contribution in [2.24, 2.45) is 0 Å². The average molecular weight is 154 g/mol. The van der Waals surface area contributed by atoms with E-state index in [1.165, 1.54) is 0 Å². The van der Waals surface area contributed by atoms with Gasteiger partial charge in [-0.15, -0.1) is 0 Å². The Balaban J connectivity index is 2.75. The number of fused-ring (bicyclic) bond motifs is 1. The van der Waals surface area contributed by atoms with Crippen molar-refractivity contribution in [3.8, 4) is 11.5 Å². The van der Waals surface area contributed by atoms with Gasteiger partial charge in [-0.1, -0.05) is 11.6 Å². The second kappa shape index (κ2) is 1.95. The monoisotopic (exact) mass is 153 g/mol. The van der Waals surface area contributed by atoms with Gasteiger partial charge in [-0.3, -0.25) is 0 Å². The molecule has 0 amide bonds. The molecule has 2 aliphatic heterocycles. The van der Waals surface area contributed by atoms with Crippen LogP contribution in [0.5, 0.6) is 0 Å². The number of aromatic nitrogens is 3. The molecule has 4 heteroatoms. The molecule has 2 rings (SSSR count). The highest BCUT2D eigenvalue weighted by Gasteiger charge is 2.03. The van der Waals surface area contributed by atoms with Crippen LogP contribution in [0.3, 0.4) is 0 Å². The van der Waals surface area contributed by atoms with Gasteiger partial charge in [-0.05, 0) is 6.07 Å². The number of H-pyrrole nitrogens is 1. The van der Waals surface area contributed by atoms with Crippen molar-refractivity contribution in [2.75, 3.05) is 0 Å². The summed E-state index contributed by atoms with van der Waals surface area (Å²) in [6.07, 6.45) is 3.32. The number of aromatic amines is 1. The first-order valence-corrected chi connectivity index (χ1v) is 3.20. The number of hydrogen-bond donors (Lipinski definition) is 1. The lowest BCUT2D eigenvalue weighted by Gasteiger charge is -1.94. The van der Waals surface area contributed by atoms with Gasteiger partial charge >= 0.3 is 0 Å². The summed E-state index contributed by atoms with van der Waals surface area (Å²) in [5, 5.41) is 0.436. The molecule has 1 N–H and O–H groups in total. The molecule has 2 heterocycles. The van der Waals surface area contributed by atoms with Crippen molar-refractivity contribution in [3.05, 3.63) is 23.6 Å². The van der Waals surface area contributed by atoms with Gasteiger partial charge in [-0.2, -0.15) is 0 Å². The Morgan fingerprint density at radius 2 is 2.40 bits per heavy atom. The predicted molar refractivity (Wildman–Crippen MR) is 38.0 cm³/mol. The minimum atomic E-state index is 0.436. The third kappa shape index (κ3) is 0.752. The van der Waals surface area contributed by atoms with Gasteiger partial charge in [0.1, 0.15) is 5.15 Å². The van der Waals surface area contributed by atoms with Crippen LogP contribution >= 0.6 is 11.6 Å². The van der Waals surface area contributed by atoms with Crippen LogP contribution in [0.4, 0.5) is 0 Å². The number of nitrogens with one attached hydrogen (secondary N) is 1. The lowest BCUT2D eigenvalue weighted by molar-refractivity contribution is 1.16. The quantitative estimate of drug-likeness (QED) is 0.624. The van der Waals surface area contributed by atoms with Crippen molar-refractivity contribution in [1.29, 1.82) is 0 Å². The molecule has 50 valence electrons. The molecule has 0 saturated carbocycles. The van der Waals surface area contributed by atoms with E-state index < -0.39 is 0 Å². The summed E-state index contributed by atoms with van der Waals surface area (Å²) in [7, 11) is 0. The molecule has 0 atom stereocenters. The maximum Gasteiger partial charge on any atom is 0.177 e. The molecule has 0 fully saturated rings. The Morgan fingerprint density at radius 3 is 3.30 bits per heavy atom. The van der Waals surface area contributed by atoms with Crippen LogP contribution in [0, 0.1) is 0 Å². The van der Waals surface area contributed by atoms with E-state index in [2.05, 4.69) is 15.0 Å². The molecule has 0 aromatic rings. The maximum absolute atomic E-state index is 5.59. The van der Waals surface area contributed by atoms with Crippen molar-refractivity contribution in [1.82, 2.24) is 15.0 Å². The molecular formula is C6H4ClN3. The highest BCUT2D eigenvalue weighted by Crippen LogP contribution is 2.15. The summed E-state index contributed by atoms with van der Waals surface area (Å²) in [5.41, 5.74) is 0.907. The Labute approximate surface area is 62.4 Å². The fourth-order valence-corrected chi connectivity index (χ4v) is 0.934. The smallest absolute Gasteiger partial charge is 0.177 e. The summed E-state index contributed by atoms with van der Waals surface area (Å²) in [6, 6.07) is 1.85. The van der Waals surface area contributed by atoms with E-state index in [4.69, 9.17) is 11.6 Å². The molecule has 10 heavy (non-hydrogen) atoms. The third-order valence-electron chi connectivity index (χ3n) is 1.24.